The summed E-state index contributed by atoms with van der Waals surface area (Å²) >= 11 is 6.54. The van der Waals surface area contributed by atoms with E-state index in [9.17, 15) is 4.79 Å². The highest BCUT2D eigenvalue weighted by molar-refractivity contribution is 6.33. The van der Waals surface area contributed by atoms with E-state index in [0.29, 0.717) is 24.6 Å². The van der Waals surface area contributed by atoms with Crippen LogP contribution in [0.2, 0.25) is 5.02 Å². The third-order valence-electron chi connectivity index (χ3n) is 5.41. The zero-order valence-electron chi connectivity index (χ0n) is 15.8. The Kier molecular flexibility index (Phi) is 4.64. The quantitative estimate of drug-likeness (QED) is 0.654. The van der Waals surface area contributed by atoms with Crippen molar-refractivity contribution in [1.29, 1.82) is 0 Å². The largest absolute Gasteiger partial charge is 0.486 e. The van der Waals surface area contributed by atoms with Crippen molar-refractivity contribution >= 4 is 17.3 Å². The highest BCUT2D eigenvalue weighted by atomic mass is 35.5. The molecule has 29 heavy (non-hydrogen) atoms. The molecule has 6 nitrogen and oxygen atoms in total. The van der Waals surface area contributed by atoms with Crippen LogP contribution in [0, 0.1) is 0 Å². The third kappa shape index (κ3) is 3.23. The third-order valence-corrected chi connectivity index (χ3v) is 5.77. The first-order valence-corrected chi connectivity index (χ1v) is 10.1. The second-order valence-electron chi connectivity index (χ2n) is 7.15. The van der Waals surface area contributed by atoms with Crippen molar-refractivity contribution in [3.05, 3.63) is 75.7 Å². The van der Waals surface area contributed by atoms with Crippen LogP contribution in [0.4, 0.5) is 5.69 Å². The number of halogens is 1. The van der Waals surface area contributed by atoms with Gasteiger partial charge in [0.25, 0.3) is 5.56 Å². The fourth-order valence-electron chi connectivity index (χ4n) is 4.05. The Morgan fingerprint density at radius 3 is 2.66 bits per heavy atom. The molecule has 2 aromatic carbocycles. The van der Waals surface area contributed by atoms with E-state index < -0.39 is 0 Å². The molecule has 1 aromatic heterocycles. The molecule has 3 heterocycles. The Hall–Kier alpha value is -2.99. The minimum absolute atomic E-state index is 0.108. The van der Waals surface area contributed by atoms with Crippen molar-refractivity contribution in [2.24, 2.45) is 0 Å². The number of anilines is 1. The van der Waals surface area contributed by atoms with Gasteiger partial charge in [0.2, 0.25) is 0 Å². The lowest BCUT2D eigenvalue weighted by molar-refractivity contribution is 0.171. The van der Waals surface area contributed by atoms with Gasteiger partial charge in [-0.2, -0.15) is 9.78 Å². The number of fused-ring (bicyclic) bond motifs is 1. The number of aromatic nitrogens is 2. The molecule has 2 aliphatic heterocycles. The minimum atomic E-state index is -0.316. The maximum absolute atomic E-state index is 12.9. The van der Waals surface area contributed by atoms with Gasteiger partial charge in [0.15, 0.2) is 11.5 Å². The topological polar surface area (TPSA) is 56.6 Å². The molecule has 0 radical (unpaired) electrons. The van der Waals surface area contributed by atoms with Gasteiger partial charge in [0.1, 0.15) is 18.2 Å². The molecule has 0 spiro atoms. The van der Waals surface area contributed by atoms with Crippen molar-refractivity contribution in [3.8, 4) is 17.2 Å². The molecule has 1 fully saturated rings. The zero-order valence-corrected chi connectivity index (χ0v) is 16.5. The normalized spacial score (nSPS) is 18.1. The number of para-hydroxylation sites is 1. The molecule has 0 amide bonds. The zero-order chi connectivity index (χ0) is 19.8. The first kappa shape index (κ1) is 18.1. The maximum atomic E-state index is 12.9. The Labute approximate surface area is 173 Å². The second kappa shape index (κ2) is 7.44. The fraction of sp³-hybridized carbons (Fsp3) is 0.273. The van der Waals surface area contributed by atoms with Crippen LogP contribution >= 0.6 is 11.6 Å². The van der Waals surface area contributed by atoms with Crippen LogP contribution in [0.1, 0.15) is 24.4 Å². The summed E-state index contributed by atoms with van der Waals surface area (Å²) in [6.07, 6.45) is 3.67. The van der Waals surface area contributed by atoms with Crippen molar-refractivity contribution in [3.63, 3.8) is 0 Å². The molecule has 148 valence electrons. The van der Waals surface area contributed by atoms with E-state index in [4.69, 9.17) is 21.1 Å². The molecule has 3 aromatic rings. The van der Waals surface area contributed by atoms with Crippen molar-refractivity contribution in [1.82, 2.24) is 9.78 Å². The molecule has 0 saturated carbocycles. The predicted octanol–water partition coefficient (Wildman–Crippen LogP) is 4.00. The second-order valence-corrected chi connectivity index (χ2v) is 7.53. The molecule has 1 unspecified atom stereocenters. The van der Waals surface area contributed by atoms with Gasteiger partial charge in [0, 0.05) is 6.54 Å². The number of rotatable bonds is 3. The Morgan fingerprint density at radius 1 is 1.03 bits per heavy atom. The molecule has 0 N–H and O–H groups in total. The van der Waals surface area contributed by atoms with Crippen LogP contribution in [0.3, 0.4) is 0 Å². The summed E-state index contributed by atoms with van der Waals surface area (Å²) in [5.41, 5.74) is 2.16. The van der Waals surface area contributed by atoms with Gasteiger partial charge < -0.3 is 14.4 Å². The van der Waals surface area contributed by atoms with Gasteiger partial charge in [-0.3, -0.25) is 4.79 Å². The molecule has 1 saturated heterocycles. The maximum Gasteiger partial charge on any atom is 0.292 e. The molecular weight excluding hydrogens is 390 g/mol. The Bertz CT molecular complexity index is 1100. The minimum Gasteiger partial charge on any atom is -0.486 e. The monoisotopic (exact) mass is 409 g/mol. The number of benzene rings is 2. The van der Waals surface area contributed by atoms with Crippen LogP contribution in [0.5, 0.6) is 11.5 Å². The fourth-order valence-corrected chi connectivity index (χ4v) is 4.28. The standard InChI is InChI=1S/C22H20ClN3O3/c23-21-18(14-24-26(22(21)27)16-5-2-1-3-6-16)25-10-4-7-17(25)15-8-9-19-20(13-15)29-12-11-28-19/h1-3,5-6,8-9,13-14,17H,4,7,10-12H2. The first-order valence-electron chi connectivity index (χ1n) is 9.72. The van der Waals surface area contributed by atoms with Gasteiger partial charge >= 0.3 is 0 Å². The van der Waals surface area contributed by atoms with E-state index in [1.54, 1.807) is 6.20 Å². The smallest absolute Gasteiger partial charge is 0.292 e. The molecule has 0 bridgehead atoms. The lowest BCUT2D eigenvalue weighted by Gasteiger charge is -2.28. The molecule has 1 atom stereocenters. The van der Waals surface area contributed by atoms with E-state index in [1.807, 2.05) is 42.5 Å². The van der Waals surface area contributed by atoms with E-state index in [0.717, 1.165) is 36.4 Å². The van der Waals surface area contributed by atoms with Crippen molar-refractivity contribution in [2.45, 2.75) is 18.9 Å². The van der Waals surface area contributed by atoms with Gasteiger partial charge in [-0.1, -0.05) is 35.9 Å². The predicted molar refractivity (Wildman–Crippen MR) is 112 cm³/mol. The van der Waals surface area contributed by atoms with Gasteiger partial charge in [-0.15, -0.1) is 0 Å². The summed E-state index contributed by atoms with van der Waals surface area (Å²) in [5.74, 6) is 1.54. The number of ether oxygens (including phenoxy) is 2. The van der Waals surface area contributed by atoms with Crippen LogP contribution in [-0.4, -0.2) is 29.5 Å². The number of hydrogen-bond acceptors (Lipinski definition) is 5. The van der Waals surface area contributed by atoms with Crippen molar-refractivity contribution < 1.29 is 9.47 Å². The molecular formula is C22H20ClN3O3. The molecule has 2 aliphatic rings. The average molecular weight is 410 g/mol. The molecule has 7 heteroatoms. The summed E-state index contributed by atoms with van der Waals surface area (Å²) in [6.45, 7) is 1.94. The summed E-state index contributed by atoms with van der Waals surface area (Å²) in [5, 5.41) is 4.57. The Balaban J connectivity index is 1.50. The lowest BCUT2D eigenvalue weighted by Crippen LogP contribution is -2.28. The first-order chi connectivity index (χ1) is 14.2. The van der Waals surface area contributed by atoms with Crippen LogP contribution in [0.25, 0.3) is 5.69 Å². The summed E-state index contributed by atoms with van der Waals surface area (Å²) in [7, 11) is 0. The average Bonchev–Trinajstić information content (AvgIpc) is 3.25. The highest BCUT2D eigenvalue weighted by Gasteiger charge is 2.30. The van der Waals surface area contributed by atoms with Crippen LogP contribution < -0.4 is 19.9 Å². The number of hydrogen-bond donors (Lipinski definition) is 0. The summed E-state index contributed by atoms with van der Waals surface area (Å²) < 4.78 is 12.7. The van der Waals surface area contributed by atoms with Crippen LogP contribution in [0.15, 0.2) is 59.5 Å². The highest BCUT2D eigenvalue weighted by Crippen LogP contribution is 2.41. The van der Waals surface area contributed by atoms with Gasteiger partial charge in [0.05, 0.1) is 23.6 Å². The van der Waals surface area contributed by atoms with Gasteiger partial charge in [-0.05, 0) is 42.7 Å². The molecule has 0 aliphatic carbocycles. The molecule has 5 rings (SSSR count). The van der Waals surface area contributed by atoms with E-state index in [-0.39, 0.29) is 16.6 Å². The van der Waals surface area contributed by atoms with Gasteiger partial charge in [-0.25, -0.2) is 0 Å². The lowest BCUT2D eigenvalue weighted by atomic mass is 10.0. The van der Waals surface area contributed by atoms with Crippen molar-refractivity contribution in [2.75, 3.05) is 24.7 Å². The van der Waals surface area contributed by atoms with Crippen LogP contribution in [-0.2, 0) is 0 Å². The van der Waals surface area contributed by atoms with E-state index >= 15 is 0 Å². The SMILES string of the molecule is O=c1c(Cl)c(N2CCCC2c2ccc3c(c2)OCCO3)cnn1-c1ccccc1. The Morgan fingerprint density at radius 2 is 1.83 bits per heavy atom. The van der Waals surface area contributed by atoms with E-state index in [1.165, 1.54) is 4.68 Å². The van der Waals surface area contributed by atoms with E-state index in [2.05, 4.69) is 16.1 Å². The summed E-state index contributed by atoms with van der Waals surface area (Å²) in [6, 6.07) is 15.4. The summed E-state index contributed by atoms with van der Waals surface area (Å²) in [4.78, 5) is 15.1. The number of nitrogens with zero attached hydrogens (tertiary/aromatic N) is 3.